The predicted molar refractivity (Wildman–Crippen MR) is 112 cm³/mol. The van der Waals surface area contributed by atoms with Gasteiger partial charge in [0, 0.05) is 22.9 Å². The highest BCUT2D eigenvalue weighted by molar-refractivity contribution is 6.31. The molecule has 0 radical (unpaired) electrons. The van der Waals surface area contributed by atoms with Crippen LogP contribution in [0.4, 0.5) is 5.82 Å². The molecule has 3 aromatic heterocycles. The van der Waals surface area contributed by atoms with Gasteiger partial charge in [0.05, 0.1) is 12.2 Å². The third-order valence-electron chi connectivity index (χ3n) is 4.79. The number of halogens is 1. The van der Waals surface area contributed by atoms with Crippen LogP contribution >= 0.6 is 11.6 Å². The molecular weight excluding hydrogens is 406 g/mol. The molecule has 1 fully saturated rings. The fraction of sp³-hybridized carbons (Fsp3) is 0.200. The summed E-state index contributed by atoms with van der Waals surface area (Å²) in [5.74, 6) is 0.388. The Morgan fingerprint density at radius 2 is 2.17 bits per heavy atom. The maximum absolute atomic E-state index is 11.4. The molecule has 1 aromatic carbocycles. The highest BCUT2D eigenvalue weighted by Gasteiger charge is 2.20. The number of H-pyrrole nitrogens is 2. The zero-order chi connectivity index (χ0) is 20.7. The van der Waals surface area contributed by atoms with E-state index in [-0.39, 0.29) is 11.6 Å². The van der Waals surface area contributed by atoms with Crippen LogP contribution in [0.5, 0.6) is 5.88 Å². The Labute approximate surface area is 174 Å². The van der Waals surface area contributed by atoms with E-state index in [1.807, 2.05) is 30.3 Å². The Bertz CT molecular complexity index is 1420. The molecule has 0 bridgehead atoms. The first-order chi connectivity index (χ1) is 14.6. The van der Waals surface area contributed by atoms with Gasteiger partial charge in [-0.05, 0) is 30.5 Å². The summed E-state index contributed by atoms with van der Waals surface area (Å²) in [6.07, 6.45) is 5.36. The molecule has 0 amide bonds. The molecule has 10 heteroatoms. The van der Waals surface area contributed by atoms with Crippen LogP contribution in [0.2, 0.25) is 5.02 Å². The molecule has 4 aromatic rings. The van der Waals surface area contributed by atoms with Crippen LogP contribution in [-0.2, 0) is 6.54 Å². The van der Waals surface area contributed by atoms with Crippen molar-refractivity contribution >= 4 is 29.1 Å². The predicted octanol–water partition coefficient (Wildman–Crippen LogP) is 1.33. The van der Waals surface area contributed by atoms with Gasteiger partial charge >= 0.3 is 5.69 Å². The molecule has 0 atom stereocenters. The summed E-state index contributed by atoms with van der Waals surface area (Å²) < 4.78 is 1.66. The maximum Gasteiger partial charge on any atom is 0.326 e. The number of imidazole rings is 1. The number of anilines is 1. The van der Waals surface area contributed by atoms with Crippen molar-refractivity contribution in [2.24, 2.45) is 4.99 Å². The van der Waals surface area contributed by atoms with E-state index in [0.717, 1.165) is 18.4 Å². The number of aromatic nitrogens is 5. The van der Waals surface area contributed by atoms with Gasteiger partial charge in [-0.1, -0.05) is 29.8 Å². The summed E-state index contributed by atoms with van der Waals surface area (Å²) in [6, 6.07) is 9.77. The van der Waals surface area contributed by atoms with Crippen molar-refractivity contribution in [3.05, 3.63) is 74.0 Å². The lowest BCUT2D eigenvalue weighted by Crippen LogP contribution is -2.20. The molecule has 5 rings (SSSR count). The first-order valence-electron chi connectivity index (χ1n) is 9.50. The highest BCUT2D eigenvalue weighted by atomic mass is 35.5. The number of hydrogen-bond donors (Lipinski definition) is 4. The van der Waals surface area contributed by atoms with Crippen molar-refractivity contribution in [2.45, 2.75) is 25.4 Å². The molecule has 1 aliphatic rings. The van der Waals surface area contributed by atoms with E-state index < -0.39 is 5.69 Å². The normalized spacial score (nSPS) is 15.2. The SMILES string of the molecule is O=c1[nH]c(O)c(/C=c2/cnn3c(=NC4CC4)cc(NCc4ccccc4Cl)nc23)[nH]1. The van der Waals surface area contributed by atoms with E-state index >= 15 is 0 Å². The lowest BCUT2D eigenvalue weighted by Gasteiger charge is -2.08. The van der Waals surface area contributed by atoms with Crippen molar-refractivity contribution in [2.75, 3.05) is 5.32 Å². The lowest BCUT2D eigenvalue weighted by molar-refractivity contribution is 0.454. The van der Waals surface area contributed by atoms with Crippen LogP contribution in [0.3, 0.4) is 0 Å². The van der Waals surface area contributed by atoms with E-state index in [9.17, 15) is 9.90 Å². The van der Waals surface area contributed by atoms with Gasteiger partial charge in [-0.25, -0.2) is 9.78 Å². The van der Waals surface area contributed by atoms with Gasteiger partial charge in [-0.15, -0.1) is 0 Å². The van der Waals surface area contributed by atoms with Gasteiger partial charge in [0.2, 0.25) is 5.88 Å². The van der Waals surface area contributed by atoms with Gasteiger partial charge in [-0.2, -0.15) is 9.61 Å². The van der Waals surface area contributed by atoms with E-state index in [2.05, 4.69) is 25.4 Å². The van der Waals surface area contributed by atoms with Gasteiger partial charge < -0.3 is 15.4 Å². The van der Waals surface area contributed by atoms with Gasteiger partial charge in [-0.3, -0.25) is 9.98 Å². The molecule has 0 spiro atoms. The van der Waals surface area contributed by atoms with Crippen LogP contribution in [-0.4, -0.2) is 35.7 Å². The lowest BCUT2D eigenvalue weighted by atomic mass is 10.2. The van der Waals surface area contributed by atoms with Crippen molar-refractivity contribution in [1.29, 1.82) is 0 Å². The summed E-state index contributed by atoms with van der Waals surface area (Å²) in [5, 5.41) is 18.9. The van der Waals surface area contributed by atoms with Crippen LogP contribution in [0.1, 0.15) is 24.1 Å². The van der Waals surface area contributed by atoms with Crippen molar-refractivity contribution in [1.82, 2.24) is 24.6 Å². The second kappa shape index (κ2) is 7.34. The topological polar surface area (TPSA) is 123 Å². The minimum Gasteiger partial charge on any atom is -0.493 e. The monoisotopic (exact) mass is 423 g/mol. The maximum atomic E-state index is 11.4. The number of nitrogens with zero attached hydrogens (tertiary/aromatic N) is 4. The van der Waals surface area contributed by atoms with Crippen LogP contribution in [0.25, 0.3) is 11.7 Å². The highest BCUT2D eigenvalue weighted by Crippen LogP contribution is 2.22. The smallest absolute Gasteiger partial charge is 0.326 e. The largest absolute Gasteiger partial charge is 0.493 e. The van der Waals surface area contributed by atoms with Crippen LogP contribution < -0.4 is 21.7 Å². The third-order valence-corrected chi connectivity index (χ3v) is 5.16. The Morgan fingerprint density at radius 1 is 1.33 bits per heavy atom. The Kier molecular flexibility index (Phi) is 4.51. The standard InChI is InChI=1S/C20H18ClN7O2/c21-14-4-2-1-3-11(14)9-22-16-8-17(24-13-5-6-13)28-18(26-16)12(10-23-28)7-15-19(29)27-20(30)25-15/h1-4,7-8,10,13,22,29H,5-6,9H2,(H2,25,27,30)/b12-7-,24-17?. The minimum atomic E-state index is -0.491. The zero-order valence-electron chi connectivity index (χ0n) is 15.8. The Balaban J connectivity index is 1.60. The molecule has 1 aliphatic carbocycles. The molecule has 4 N–H and O–H groups in total. The summed E-state index contributed by atoms with van der Waals surface area (Å²) in [5.41, 5.74) is 1.97. The zero-order valence-corrected chi connectivity index (χ0v) is 16.5. The van der Waals surface area contributed by atoms with Gasteiger partial charge in [0.25, 0.3) is 0 Å². The van der Waals surface area contributed by atoms with Crippen molar-refractivity contribution in [3.63, 3.8) is 0 Å². The number of nitrogens with one attached hydrogen (secondary N) is 3. The Hall–Kier alpha value is -3.59. The molecule has 0 aliphatic heterocycles. The third kappa shape index (κ3) is 3.67. The number of benzene rings is 1. The number of hydrogen-bond acceptors (Lipinski definition) is 6. The average Bonchev–Trinajstić information content (AvgIpc) is 3.36. The van der Waals surface area contributed by atoms with E-state index in [1.54, 1.807) is 16.8 Å². The number of aromatic hydroxyl groups is 1. The summed E-state index contributed by atoms with van der Waals surface area (Å²) >= 11 is 6.26. The number of aromatic amines is 2. The van der Waals surface area contributed by atoms with Crippen LogP contribution in [0.15, 0.2) is 46.3 Å². The molecule has 1 saturated carbocycles. The molecule has 0 unspecified atom stereocenters. The quantitative estimate of drug-likeness (QED) is 0.385. The minimum absolute atomic E-state index is 0.241. The molecule has 30 heavy (non-hydrogen) atoms. The van der Waals surface area contributed by atoms with Crippen molar-refractivity contribution in [3.8, 4) is 5.88 Å². The first-order valence-corrected chi connectivity index (χ1v) is 9.87. The van der Waals surface area contributed by atoms with Gasteiger partial charge in [0.1, 0.15) is 11.5 Å². The molecule has 9 nitrogen and oxygen atoms in total. The summed E-state index contributed by atoms with van der Waals surface area (Å²) in [4.78, 5) is 25.7. The van der Waals surface area contributed by atoms with Crippen LogP contribution in [0, 0.1) is 0 Å². The number of fused-ring (bicyclic) bond motifs is 1. The van der Waals surface area contributed by atoms with E-state index in [4.69, 9.17) is 16.6 Å². The summed E-state index contributed by atoms with van der Waals surface area (Å²) in [6.45, 7) is 0.505. The first kappa shape index (κ1) is 18.4. The number of rotatable bonds is 5. The molecular formula is C20H18ClN7O2. The molecule has 3 heterocycles. The van der Waals surface area contributed by atoms with E-state index in [0.29, 0.717) is 39.8 Å². The fourth-order valence-electron chi connectivity index (χ4n) is 3.11. The fourth-order valence-corrected chi connectivity index (χ4v) is 3.32. The van der Waals surface area contributed by atoms with Gasteiger partial charge in [0.15, 0.2) is 11.1 Å². The average molecular weight is 424 g/mol. The summed E-state index contributed by atoms with van der Waals surface area (Å²) in [7, 11) is 0. The Morgan fingerprint density at radius 3 is 2.90 bits per heavy atom. The second-order valence-corrected chi connectivity index (χ2v) is 7.53. The molecule has 152 valence electrons. The molecule has 0 saturated heterocycles. The van der Waals surface area contributed by atoms with E-state index in [1.165, 1.54) is 0 Å². The second-order valence-electron chi connectivity index (χ2n) is 7.13. The van der Waals surface area contributed by atoms with Crippen molar-refractivity contribution < 1.29 is 5.11 Å².